The Morgan fingerprint density at radius 3 is 2.48 bits per heavy atom. The van der Waals surface area contributed by atoms with Gasteiger partial charge in [-0.25, -0.2) is 4.99 Å². The van der Waals surface area contributed by atoms with Crippen molar-refractivity contribution in [2.75, 3.05) is 6.61 Å². The van der Waals surface area contributed by atoms with E-state index in [1.807, 2.05) is 51.1 Å². The topological polar surface area (TPSA) is 70.9 Å². The van der Waals surface area contributed by atoms with Gasteiger partial charge in [0.05, 0.1) is 5.56 Å². The monoisotopic (exact) mass is 366 g/mol. The number of carbonyl (C=O) groups is 1. The number of ether oxygens (including phenoxy) is 1. The molecular formula is C22H26N2O3. The minimum atomic E-state index is -1.01. The fraction of sp³-hybridized carbons (Fsp3) is 0.364. The zero-order valence-corrected chi connectivity index (χ0v) is 16.0. The molecular weight excluding hydrogens is 340 g/mol. The lowest BCUT2D eigenvalue weighted by Gasteiger charge is -2.29. The Bertz CT molecular complexity index is 840. The number of amides is 1. The maximum Gasteiger partial charge on any atom is 0.252 e. The highest BCUT2D eigenvalue weighted by Crippen LogP contribution is 2.30. The lowest BCUT2D eigenvalue weighted by Crippen LogP contribution is -2.53. The summed E-state index contributed by atoms with van der Waals surface area (Å²) in [7, 11) is 0. The molecule has 5 nitrogen and oxygen atoms in total. The molecule has 1 aliphatic rings. The van der Waals surface area contributed by atoms with Crippen molar-refractivity contribution < 1.29 is 14.6 Å². The number of rotatable bonds is 5. The lowest BCUT2D eigenvalue weighted by atomic mass is 9.90. The van der Waals surface area contributed by atoms with Gasteiger partial charge in [-0.05, 0) is 51.3 Å². The van der Waals surface area contributed by atoms with Crippen molar-refractivity contribution >= 4 is 11.8 Å². The number of aryl methyl sites for hydroxylation is 1. The van der Waals surface area contributed by atoms with Crippen LogP contribution in [0.2, 0.25) is 0 Å². The molecule has 0 aliphatic carbocycles. The number of phenols is 1. The fourth-order valence-electron chi connectivity index (χ4n) is 3.05. The summed E-state index contributed by atoms with van der Waals surface area (Å²) < 4.78 is 5.79. The van der Waals surface area contributed by atoms with E-state index in [1.54, 1.807) is 24.3 Å². The summed E-state index contributed by atoms with van der Waals surface area (Å²) in [6.07, 6.45) is 1.23. The van der Waals surface area contributed by atoms with Crippen LogP contribution >= 0.6 is 0 Å². The van der Waals surface area contributed by atoms with Crippen LogP contribution in [0.25, 0.3) is 0 Å². The highest BCUT2D eigenvalue weighted by atomic mass is 16.5. The van der Waals surface area contributed by atoms with Crippen molar-refractivity contribution in [2.24, 2.45) is 4.99 Å². The van der Waals surface area contributed by atoms with E-state index in [0.29, 0.717) is 24.3 Å². The van der Waals surface area contributed by atoms with Crippen LogP contribution in [-0.4, -0.2) is 34.6 Å². The second-order valence-corrected chi connectivity index (χ2v) is 7.94. The molecule has 0 fully saturated rings. The minimum Gasteiger partial charge on any atom is -0.507 e. The van der Waals surface area contributed by atoms with E-state index >= 15 is 0 Å². The standard InChI is InChI=1S/C22H26N2O3/c1-21(2,3)24-20(26)22(14-13-16-9-5-4-6-10-16)15-27-19(23-22)17-11-7-8-12-18(17)25/h4-12,25H,13-15H2,1-3H3,(H,24,26). The van der Waals surface area contributed by atoms with Crippen molar-refractivity contribution in [1.82, 2.24) is 5.32 Å². The van der Waals surface area contributed by atoms with Crippen LogP contribution in [0.3, 0.4) is 0 Å². The second kappa shape index (κ2) is 7.43. The normalized spacial score (nSPS) is 19.3. The zero-order chi connectivity index (χ0) is 19.5. The molecule has 0 spiro atoms. The van der Waals surface area contributed by atoms with Crippen molar-refractivity contribution in [3.8, 4) is 5.75 Å². The number of aliphatic imine (C=N–C) groups is 1. The number of carbonyl (C=O) groups excluding carboxylic acids is 1. The fourth-order valence-corrected chi connectivity index (χ4v) is 3.05. The molecule has 5 heteroatoms. The lowest BCUT2D eigenvalue weighted by molar-refractivity contribution is -0.128. The Kier molecular flexibility index (Phi) is 5.22. The number of phenolic OH excluding ortho intramolecular Hbond substituents is 1. The van der Waals surface area contributed by atoms with Gasteiger partial charge in [0, 0.05) is 5.54 Å². The van der Waals surface area contributed by atoms with Crippen molar-refractivity contribution in [1.29, 1.82) is 0 Å². The number of nitrogens with one attached hydrogen (secondary N) is 1. The largest absolute Gasteiger partial charge is 0.507 e. The molecule has 1 amide bonds. The molecule has 0 saturated heterocycles. The number of hydrogen-bond acceptors (Lipinski definition) is 4. The Morgan fingerprint density at radius 2 is 1.81 bits per heavy atom. The van der Waals surface area contributed by atoms with E-state index in [4.69, 9.17) is 4.74 Å². The van der Waals surface area contributed by atoms with Crippen molar-refractivity contribution in [2.45, 2.75) is 44.7 Å². The minimum absolute atomic E-state index is 0.0892. The molecule has 1 aliphatic heterocycles. The van der Waals surface area contributed by atoms with E-state index in [0.717, 1.165) is 5.56 Å². The summed E-state index contributed by atoms with van der Waals surface area (Å²) in [4.78, 5) is 17.8. The Balaban J connectivity index is 1.91. The molecule has 0 saturated carbocycles. The summed E-state index contributed by atoms with van der Waals surface area (Å²) in [5.74, 6) is 0.243. The van der Waals surface area contributed by atoms with Crippen LogP contribution in [0, 0.1) is 0 Å². The molecule has 0 bridgehead atoms. The highest BCUT2D eigenvalue weighted by molar-refractivity contribution is 6.01. The number of para-hydroxylation sites is 1. The number of benzene rings is 2. The highest BCUT2D eigenvalue weighted by Gasteiger charge is 2.45. The van der Waals surface area contributed by atoms with Gasteiger partial charge in [0.15, 0.2) is 5.54 Å². The van der Waals surface area contributed by atoms with Gasteiger partial charge < -0.3 is 15.2 Å². The third-order valence-electron chi connectivity index (χ3n) is 4.48. The first-order valence-corrected chi connectivity index (χ1v) is 9.17. The third kappa shape index (κ3) is 4.48. The van der Waals surface area contributed by atoms with Gasteiger partial charge in [0.2, 0.25) is 5.90 Å². The summed E-state index contributed by atoms with van der Waals surface area (Å²) in [5.41, 5.74) is 0.263. The third-order valence-corrected chi connectivity index (χ3v) is 4.48. The van der Waals surface area contributed by atoms with Crippen molar-refractivity contribution in [3.63, 3.8) is 0 Å². The van der Waals surface area contributed by atoms with Crippen LogP contribution in [0.5, 0.6) is 5.75 Å². The average molecular weight is 366 g/mol. The van der Waals surface area contributed by atoms with E-state index in [-0.39, 0.29) is 23.8 Å². The molecule has 3 rings (SSSR count). The Hall–Kier alpha value is -2.82. The molecule has 2 N–H and O–H groups in total. The van der Waals surface area contributed by atoms with Gasteiger partial charge in [0.1, 0.15) is 12.4 Å². The van der Waals surface area contributed by atoms with Crippen LogP contribution in [0.4, 0.5) is 0 Å². The molecule has 0 aromatic heterocycles. The Morgan fingerprint density at radius 1 is 1.15 bits per heavy atom. The van der Waals surface area contributed by atoms with Gasteiger partial charge in [-0.3, -0.25) is 4.79 Å². The number of hydrogen-bond donors (Lipinski definition) is 2. The number of nitrogens with zero attached hydrogens (tertiary/aromatic N) is 1. The molecule has 1 atom stereocenters. The first-order valence-electron chi connectivity index (χ1n) is 9.17. The van der Waals surface area contributed by atoms with E-state index in [2.05, 4.69) is 10.3 Å². The summed E-state index contributed by atoms with van der Waals surface area (Å²) in [5, 5.41) is 13.1. The summed E-state index contributed by atoms with van der Waals surface area (Å²) in [6.45, 7) is 5.99. The molecule has 1 unspecified atom stereocenters. The predicted molar refractivity (Wildman–Crippen MR) is 106 cm³/mol. The molecule has 0 radical (unpaired) electrons. The average Bonchev–Trinajstić information content (AvgIpc) is 3.06. The molecule has 142 valence electrons. The maximum absolute atomic E-state index is 13.1. The van der Waals surface area contributed by atoms with Crippen molar-refractivity contribution in [3.05, 3.63) is 65.7 Å². The predicted octanol–water partition coefficient (Wildman–Crippen LogP) is 3.46. The van der Waals surface area contributed by atoms with Gasteiger partial charge in [-0.1, -0.05) is 42.5 Å². The molecule has 2 aromatic rings. The van der Waals surface area contributed by atoms with E-state index in [1.165, 1.54) is 0 Å². The van der Waals surface area contributed by atoms with Gasteiger partial charge in [-0.15, -0.1) is 0 Å². The smallest absolute Gasteiger partial charge is 0.252 e. The quantitative estimate of drug-likeness (QED) is 0.851. The second-order valence-electron chi connectivity index (χ2n) is 7.94. The van der Waals surface area contributed by atoms with Crippen LogP contribution < -0.4 is 5.32 Å². The van der Waals surface area contributed by atoms with Crippen LogP contribution in [0.15, 0.2) is 59.6 Å². The summed E-state index contributed by atoms with van der Waals surface area (Å²) >= 11 is 0. The van der Waals surface area contributed by atoms with Crippen LogP contribution in [-0.2, 0) is 16.0 Å². The first-order chi connectivity index (χ1) is 12.8. The van der Waals surface area contributed by atoms with Gasteiger partial charge in [0.25, 0.3) is 5.91 Å². The SMILES string of the molecule is CC(C)(C)NC(=O)C1(CCc2ccccc2)COC(c2ccccc2O)=N1. The number of aromatic hydroxyl groups is 1. The zero-order valence-electron chi connectivity index (χ0n) is 16.0. The Labute approximate surface area is 160 Å². The molecule has 27 heavy (non-hydrogen) atoms. The van der Waals surface area contributed by atoms with E-state index in [9.17, 15) is 9.90 Å². The molecule has 2 aromatic carbocycles. The van der Waals surface area contributed by atoms with Gasteiger partial charge in [-0.2, -0.15) is 0 Å². The van der Waals surface area contributed by atoms with Crippen LogP contribution in [0.1, 0.15) is 38.3 Å². The molecule has 1 heterocycles. The van der Waals surface area contributed by atoms with Gasteiger partial charge >= 0.3 is 0 Å². The van der Waals surface area contributed by atoms with E-state index < -0.39 is 5.54 Å². The first kappa shape index (κ1) is 19.0. The maximum atomic E-state index is 13.1. The summed E-state index contributed by atoms with van der Waals surface area (Å²) in [6, 6.07) is 16.9.